The number of benzene rings is 1. The molecule has 1 heterocycles. The Morgan fingerprint density at radius 1 is 1.32 bits per heavy atom. The van der Waals surface area contributed by atoms with Crippen LogP contribution in [0.4, 0.5) is 0 Å². The summed E-state index contributed by atoms with van der Waals surface area (Å²) in [6.45, 7) is 6.97. The molecule has 0 aliphatic heterocycles. The molecule has 0 aliphatic carbocycles. The number of aryl methyl sites for hydroxylation is 2. The van der Waals surface area contributed by atoms with E-state index in [2.05, 4.69) is 5.10 Å². The smallest absolute Gasteiger partial charge is 0.214 e. The first-order chi connectivity index (χ1) is 9.17. The second kappa shape index (κ2) is 5.69. The van der Waals surface area contributed by atoms with Gasteiger partial charge in [0, 0.05) is 6.54 Å². The van der Waals surface area contributed by atoms with Gasteiger partial charge in [-0.15, -0.1) is 0 Å². The maximum absolute atomic E-state index is 12.6. The predicted octanol–water partition coefficient (Wildman–Crippen LogP) is 2.84. The number of ketones is 1. The maximum Gasteiger partial charge on any atom is 0.214 e. The van der Waals surface area contributed by atoms with Crippen molar-refractivity contribution in [2.45, 2.75) is 27.3 Å². The van der Waals surface area contributed by atoms with Crippen LogP contribution in [-0.2, 0) is 6.54 Å². The average Bonchev–Trinajstić information content (AvgIpc) is 2.80. The van der Waals surface area contributed by atoms with Gasteiger partial charge in [-0.05, 0) is 39.0 Å². The molecule has 0 atom stereocenters. The van der Waals surface area contributed by atoms with E-state index in [1.807, 2.05) is 45.0 Å². The molecule has 0 unspecified atom stereocenters. The third-order valence-corrected chi connectivity index (χ3v) is 2.87. The molecule has 4 nitrogen and oxygen atoms in total. The fraction of sp³-hybridized carbons (Fsp3) is 0.333. The van der Waals surface area contributed by atoms with Crippen molar-refractivity contribution in [1.82, 2.24) is 9.78 Å². The minimum Gasteiger partial charge on any atom is -0.493 e. The average molecular weight is 258 g/mol. The molecule has 0 spiro atoms. The monoisotopic (exact) mass is 258 g/mol. The zero-order valence-electron chi connectivity index (χ0n) is 11.5. The number of carbonyl (C=O) groups is 1. The molecule has 4 heteroatoms. The Bertz CT molecular complexity index is 588. The Kier molecular flexibility index (Phi) is 4.00. The summed E-state index contributed by atoms with van der Waals surface area (Å²) in [6, 6.07) is 9.12. The number of nitrogens with zero attached hydrogens (tertiary/aromatic N) is 2. The van der Waals surface area contributed by atoms with Gasteiger partial charge in [-0.25, -0.2) is 0 Å². The lowest BCUT2D eigenvalue weighted by Gasteiger charge is -2.09. The van der Waals surface area contributed by atoms with Crippen LogP contribution in [0.1, 0.15) is 35.6 Å². The van der Waals surface area contributed by atoms with E-state index in [0.717, 1.165) is 5.69 Å². The zero-order valence-corrected chi connectivity index (χ0v) is 11.5. The summed E-state index contributed by atoms with van der Waals surface area (Å²) in [4.78, 5) is 12.6. The second-order valence-corrected chi connectivity index (χ2v) is 4.25. The molecule has 0 bridgehead atoms. The topological polar surface area (TPSA) is 44.1 Å². The fourth-order valence-corrected chi connectivity index (χ4v) is 2.04. The summed E-state index contributed by atoms with van der Waals surface area (Å²) in [5.41, 5.74) is 2.03. The number of carbonyl (C=O) groups excluding carboxylic acids is 1. The summed E-state index contributed by atoms with van der Waals surface area (Å²) >= 11 is 0. The Hall–Kier alpha value is -2.10. The van der Waals surface area contributed by atoms with Crippen molar-refractivity contribution in [2.24, 2.45) is 0 Å². The van der Waals surface area contributed by atoms with Crippen molar-refractivity contribution in [2.75, 3.05) is 6.61 Å². The molecule has 100 valence electrons. The predicted molar refractivity (Wildman–Crippen MR) is 73.7 cm³/mol. The van der Waals surface area contributed by atoms with Gasteiger partial charge in [0.25, 0.3) is 0 Å². The van der Waals surface area contributed by atoms with Crippen LogP contribution in [0, 0.1) is 6.92 Å². The summed E-state index contributed by atoms with van der Waals surface area (Å²) in [6.07, 6.45) is 0. The Morgan fingerprint density at radius 3 is 2.74 bits per heavy atom. The zero-order chi connectivity index (χ0) is 13.8. The highest BCUT2D eigenvalue weighted by Crippen LogP contribution is 2.22. The van der Waals surface area contributed by atoms with Crippen LogP contribution in [0.15, 0.2) is 30.3 Å². The van der Waals surface area contributed by atoms with E-state index in [0.29, 0.717) is 30.2 Å². The molecule has 0 radical (unpaired) electrons. The van der Waals surface area contributed by atoms with Crippen molar-refractivity contribution in [3.8, 4) is 5.75 Å². The van der Waals surface area contributed by atoms with Crippen LogP contribution in [-0.4, -0.2) is 22.2 Å². The van der Waals surface area contributed by atoms with Crippen molar-refractivity contribution in [1.29, 1.82) is 0 Å². The third kappa shape index (κ3) is 2.67. The van der Waals surface area contributed by atoms with Crippen LogP contribution >= 0.6 is 0 Å². The Labute approximate surface area is 113 Å². The number of aromatic nitrogens is 2. The van der Waals surface area contributed by atoms with Gasteiger partial charge in [0.1, 0.15) is 11.4 Å². The molecule has 0 aliphatic rings. The van der Waals surface area contributed by atoms with Gasteiger partial charge >= 0.3 is 0 Å². The quantitative estimate of drug-likeness (QED) is 0.775. The van der Waals surface area contributed by atoms with Crippen molar-refractivity contribution in [3.63, 3.8) is 0 Å². The SMILES string of the molecule is CCOc1ccccc1C(=O)c1cc(C)nn1CC. The van der Waals surface area contributed by atoms with Crippen LogP contribution < -0.4 is 4.74 Å². The maximum atomic E-state index is 12.6. The minimum absolute atomic E-state index is 0.0495. The van der Waals surface area contributed by atoms with E-state index in [9.17, 15) is 4.79 Å². The first-order valence-corrected chi connectivity index (χ1v) is 6.48. The lowest BCUT2D eigenvalue weighted by atomic mass is 10.1. The van der Waals surface area contributed by atoms with Gasteiger partial charge in [0.2, 0.25) is 5.78 Å². The summed E-state index contributed by atoms with van der Waals surface area (Å²) in [5.74, 6) is 0.572. The summed E-state index contributed by atoms with van der Waals surface area (Å²) in [5, 5.41) is 4.31. The standard InChI is InChI=1S/C15H18N2O2/c1-4-17-13(10-11(3)16-17)15(18)12-8-6-7-9-14(12)19-5-2/h6-10H,4-5H2,1-3H3. The molecular weight excluding hydrogens is 240 g/mol. The Balaban J connectivity index is 2.43. The van der Waals surface area contributed by atoms with Gasteiger partial charge in [0.05, 0.1) is 17.9 Å². The third-order valence-electron chi connectivity index (χ3n) is 2.87. The molecule has 0 saturated heterocycles. The molecule has 2 aromatic rings. The molecule has 1 aromatic carbocycles. The molecular formula is C15H18N2O2. The van der Waals surface area contributed by atoms with Crippen LogP contribution in [0.3, 0.4) is 0 Å². The van der Waals surface area contributed by atoms with Crippen LogP contribution in [0.25, 0.3) is 0 Å². The highest BCUT2D eigenvalue weighted by molar-refractivity contribution is 6.09. The highest BCUT2D eigenvalue weighted by atomic mass is 16.5. The molecule has 0 fully saturated rings. The minimum atomic E-state index is -0.0495. The molecule has 0 N–H and O–H groups in total. The van der Waals surface area contributed by atoms with E-state index < -0.39 is 0 Å². The number of ether oxygens (including phenoxy) is 1. The van der Waals surface area contributed by atoms with Gasteiger partial charge in [-0.3, -0.25) is 9.48 Å². The summed E-state index contributed by atoms with van der Waals surface area (Å²) in [7, 11) is 0. The normalized spacial score (nSPS) is 10.5. The first-order valence-electron chi connectivity index (χ1n) is 6.48. The van der Waals surface area contributed by atoms with Gasteiger partial charge in [-0.1, -0.05) is 12.1 Å². The van der Waals surface area contributed by atoms with E-state index in [4.69, 9.17) is 4.74 Å². The van der Waals surface area contributed by atoms with E-state index in [-0.39, 0.29) is 5.78 Å². The largest absolute Gasteiger partial charge is 0.493 e. The summed E-state index contributed by atoms with van der Waals surface area (Å²) < 4.78 is 7.23. The molecule has 2 rings (SSSR count). The fourth-order valence-electron chi connectivity index (χ4n) is 2.04. The van der Waals surface area contributed by atoms with Crippen molar-refractivity contribution >= 4 is 5.78 Å². The van der Waals surface area contributed by atoms with E-state index in [1.165, 1.54) is 0 Å². The van der Waals surface area contributed by atoms with Crippen molar-refractivity contribution < 1.29 is 9.53 Å². The van der Waals surface area contributed by atoms with Gasteiger partial charge in [0.15, 0.2) is 0 Å². The molecule has 0 amide bonds. The lowest BCUT2D eigenvalue weighted by Crippen LogP contribution is -2.12. The molecule has 19 heavy (non-hydrogen) atoms. The van der Waals surface area contributed by atoms with Gasteiger partial charge in [-0.2, -0.15) is 5.10 Å². The first kappa shape index (κ1) is 13.3. The lowest BCUT2D eigenvalue weighted by molar-refractivity contribution is 0.102. The number of rotatable bonds is 5. The number of hydrogen-bond donors (Lipinski definition) is 0. The van der Waals surface area contributed by atoms with E-state index >= 15 is 0 Å². The highest BCUT2D eigenvalue weighted by Gasteiger charge is 2.18. The van der Waals surface area contributed by atoms with Crippen LogP contribution in [0.5, 0.6) is 5.75 Å². The number of hydrogen-bond acceptors (Lipinski definition) is 3. The van der Waals surface area contributed by atoms with Gasteiger partial charge < -0.3 is 4.74 Å². The Morgan fingerprint density at radius 2 is 2.05 bits per heavy atom. The van der Waals surface area contributed by atoms with E-state index in [1.54, 1.807) is 10.7 Å². The number of para-hydroxylation sites is 1. The molecule has 0 saturated carbocycles. The van der Waals surface area contributed by atoms with Crippen molar-refractivity contribution in [3.05, 3.63) is 47.3 Å². The van der Waals surface area contributed by atoms with Crippen LogP contribution in [0.2, 0.25) is 0 Å². The second-order valence-electron chi connectivity index (χ2n) is 4.25. The molecule has 1 aromatic heterocycles.